The number of benzene rings is 3. The van der Waals surface area contributed by atoms with Crippen LogP contribution in [-0.2, 0) is 14.3 Å². The molecule has 0 radical (unpaired) electrons. The second kappa shape index (κ2) is 12.2. The van der Waals surface area contributed by atoms with E-state index >= 15 is 0 Å². The molecule has 6 nitrogen and oxygen atoms in total. The SMILES string of the molecule is CC(C)[C@H](NC(=O)c1ccc(Cl)cc1)C(=O)OCC(=O)N(C)C(c1ccccc1)c1ccccc1. The van der Waals surface area contributed by atoms with Crippen molar-refractivity contribution in [2.24, 2.45) is 5.92 Å². The van der Waals surface area contributed by atoms with Gasteiger partial charge >= 0.3 is 5.97 Å². The van der Waals surface area contributed by atoms with Crippen molar-refractivity contribution in [1.82, 2.24) is 10.2 Å². The molecule has 0 heterocycles. The van der Waals surface area contributed by atoms with Crippen LogP contribution in [0.3, 0.4) is 0 Å². The van der Waals surface area contributed by atoms with Crippen molar-refractivity contribution in [1.29, 1.82) is 0 Å². The Labute approximate surface area is 210 Å². The average molecular weight is 493 g/mol. The number of rotatable bonds is 9. The zero-order valence-electron chi connectivity index (χ0n) is 20.0. The minimum atomic E-state index is -0.907. The molecule has 0 aliphatic heterocycles. The first-order valence-corrected chi connectivity index (χ1v) is 11.7. The van der Waals surface area contributed by atoms with E-state index in [0.29, 0.717) is 10.6 Å². The molecule has 0 aliphatic rings. The number of esters is 1. The standard InChI is InChI=1S/C28H29ClN2O4/c1-19(2)25(30-27(33)22-14-16-23(29)17-15-22)28(34)35-18-24(32)31(3)26(20-10-6-4-7-11-20)21-12-8-5-9-13-21/h4-17,19,25-26H,18H2,1-3H3,(H,30,33)/t25-/m0/s1. The summed E-state index contributed by atoms with van der Waals surface area (Å²) in [5.41, 5.74) is 2.25. The number of amides is 2. The molecule has 0 saturated carbocycles. The van der Waals surface area contributed by atoms with Gasteiger partial charge in [-0.1, -0.05) is 86.1 Å². The normalized spacial score (nSPS) is 11.7. The summed E-state index contributed by atoms with van der Waals surface area (Å²) in [6.07, 6.45) is 0. The molecule has 0 aliphatic carbocycles. The van der Waals surface area contributed by atoms with Crippen molar-refractivity contribution >= 4 is 29.4 Å². The number of nitrogens with zero attached hydrogens (tertiary/aromatic N) is 1. The van der Waals surface area contributed by atoms with Crippen LogP contribution in [0.5, 0.6) is 0 Å². The Kier molecular flexibility index (Phi) is 9.04. The smallest absolute Gasteiger partial charge is 0.329 e. The molecule has 0 spiro atoms. The number of nitrogens with one attached hydrogen (secondary N) is 1. The van der Waals surface area contributed by atoms with Gasteiger partial charge in [-0.25, -0.2) is 4.79 Å². The Morgan fingerprint density at radius 3 is 1.86 bits per heavy atom. The third kappa shape index (κ3) is 6.93. The number of carbonyl (C=O) groups excluding carboxylic acids is 3. The van der Waals surface area contributed by atoms with Gasteiger partial charge in [-0.3, -0.25) is 9.59 Å². The van der Waals surface area contributed by atoms with E-state index in [4.69, 9.17) is 16.3 Å². The lowest BCUT2D eigenvalue weighted by Crippen LogP contribution is -2.46. The molecular formula is C28H29ClN2O4. The third-order valence-electron chi connectivity index (χ3n) is 5.66. The maximum absolute atomic E-state index is 13.1. The van der Waals surface area contributed by atoms with Crippen LogP contribution >= 0.6 is 11.6 Å². The maximum atomic E-state index is 13.1. The molecular weight excluding hydrogens is 464 g/mol. The van der Waals surface area contributed by atoms with Gasteiger partial charge in [0, 0.05) is 17.6 Å². The lowest BCUT2D eigenvalue weighted by Gasteiger charge is -2.29. The molecule has 0 bridgehead atoms. The van der Waals surface area contributed by atoms with Crippen LogP contribution in [0, 0.1) is 5.92 Å². The van der Waals surface area contributed by atoms with Crippen molar-refractivity contribution in [2.75, 3.05) is 13.7 Å². The minimum absolute atomic E-state index is 0.243. The van der Waals surface area contributed by atoms with E-state index < -0.39 is 24.5 Å². The van der Waals surface area contributed by atoms with E-state index in [-0.39, 0.29) is 17.9 Å². The first-order valence-electron chi connectivity index (χ1n) is 11.4. The molecule has 1 atom stereocenters. The summed E-state index contributed by atoms with van der Waals surface area (Å²) in [7, 11) is 1.68. The Bertz CT molecular complexity index is 1100. The van der Waals surface area contributed by atoms with Crippen LogP contribution in [-0.4, -0.2) is 42.4 Å². The van der Waals surface area contributed by atoms with Gasteiger partial charge in [0.15, 0.2) is 6.61 Å². The van der Waals surface area contributed by atoms with Crippen LogP contribution in [0.1, 0.15) is 41.4 Å². The van der Waals surface area contributed by atoms with E-state index in [1.54, 1.807) is 50.1 Å². The lowest BCUT2D eigenvalue weighted by atomic mass is 9.97. The number of halogens is 1. The van der Waals surface area contributed by atoms with Crippen LogP contribution < -0.4 is 5.32 Å². The van der Waals surface area contributed by atoms with E-state index in [9.17, 15) is 14.4 Å². The summed E-state index contributed by atoms with van der Waals surface area (Å²) in [6, 6.07) is 24.4. The number of carbonyl (C=O) groups is 3. The van der Waals surface area contributed by atoms with Gasteiger partial charge in [-0.15, -0.1) is 0 Å². The molecule has 3 aromatic rings. The van der Waals surface area contributed by atoms with E-state index in [1.165, 1.54) is 0 Å². The fourth-order valence-corrected chi connectivity index (χ4v) is 3.83. The highest BCUT2D eigenvalue weighted by Crippen LogP contribution is 2.27. The molecule has 7 heteroatoms. The van der Waals surface area contributed by atoms with Crippen molar-refractivity contribution < 1.29 is 19.1 Å². The molecule has 2 amide bonds. The molecule has 0 aromatic heterocycles. The van der Waals surface area contributed by atoms with Gasteiger partial charge in [-0.05, 0) is 41.3 Å². The fourth-order valence-electron chi connectivity index (χ4n) is 3.70. The highest BCUT2D eigenvalue weighted by Gasteiger charge is 2.29. The van der Waals surface area contributed by atoms with E-state index in [0.717, 1.165) is 11.1 Å². The van der Waals surface area contributed by atoms with Gasteiger partial charge in [0.25, 0.3) is 11.8 Å². The highest BCUT2D eigenvalue weighted by atomic mass is 35.5. The minimum Gasteiger partial charge on any atom is -0.454 e. The fraction of sp³-hybridized carbons (Fsp3) is 0.250. The van der Waals surface area contributed by atoms with Crippen molar-refractivity contribution in [2.45, 2.75) is 25.9 Å². The molecule has 35 heavy (non-hydrogen) atoms. The van der Waals surface area contributed by atoms with E-state index in [1.807, 2.05) is 60.7 Å². The van der Waals surface area contributed by atoms with Gasteiger partial charge < -0.3 is 15.0 Å². The number of ether oxygens (including phenoxy) is 1. The quantitative estimate of drug-likeness (QED) is 0.432. The Balaban J connectivity index is 1.68. The molecule has 1 N–H and O–H groups in total. The first-order chi connectivity index (χ1) is 16.8. The zero-order valence-corrected chi connectivity index (χ0v) is 20.7. The Hall–Kier alpha value is -3.64. The average Bonchev–Trinajstić information content (AvgIpc) is 2.87. The predicted molar refractivity (Wildman–Crippen MR) is 136 cm³/mol. The second-order valence-corrected chi connectivity index (χ2v) is 8.97. The summed E-state index contributed by atoms with van der Waals surface area (Å²) in [4.78, 5) is 40.0. The molecule has 3 rings (SSSR count). The maximum Gasteiger partial charge on any atom is 0.329 e. The first kappa shape index (κ1) is 26.0. The largest absolute Gasteiger partial charge is 0.454 e. The molecule has 0 fully saturated rings. The Morgan fingerprint density at radius 2 is 1.37 bits per heavy atom. The van der Waals surface area contributed by atoms with Crippen molar-refractivity contribution in [3.8, 4) is 0 Å². The summed E-state index contributed by atoms with van der Waals surface area (Å²) in [6.45, 7) is 3.15. The van der Waals surface area contributed by atoms with Gasteiger partial charge in [-0.2, -0.15) is 0 Å². The summed E-state index contributed by atoms with van der Waals surface area (Å²) in [5.74, 6) is -1.69. The van der Waals surface area contributed by atoms with Crippen LogP contribution in [0.2, 0.25) is 5.02 Å². The lowest BCUT2D eigenvalue weighted by molar-refractivity contribution is -0.154. The van der Waals surface area contributed by atoms with Crippen LogP contribution in [0.25, 0.3) is 0 Å². The summed E-state index contributed by atoms with van der Waals surface area (Å²) >= 11 is 5.88. The molecule has 182 valence electrons. The monoisotopic (exact) mass is 492 g/mol. The summed E-state index contributed by atoms with van der Waals surface area (Å²) in [5, 5.41) is 3.21. The molecule has 0 unspecified atom stereocenters. The molecule has 3 aromatic carbocycles. The van der Waals surface area contributed by atoms with E-state index in [2.05, 4.69) is 5.32 Å². The van der Waals surface area contributed by atoms with Crippen molar-refractivity contribution in [3.05, 3.63) is 107 Å². The van der Waals surface area contributed by atoms with Gasteiger partial charge in [0.1, 0.15) is 6.04 Å². The van der Waals surface area contributed by atoms with Gasteiger partial charge in [0.05, 0.1) is 6.04 Å². The number of hydrogen-bond donors (Lipinski definition) is 1. The molecule has 0 saturated heterocycles. The predicted octanol–water partition coefficient (Wildman–Crippen LogP) is 4.89. The highest BCUT2D eigenvalue weighted by molar-refractivity contribution is 6.30. The second-order valence-electron chi connectivity index (χ2n) is 8.54. The number of hydrogen-bond acceptors (Lipinski definition) is 4. The zero-order chi connectivity index (χ0) is 25.4. The topological polar surface area (TPSA) is 75.7 Å². The Morgan fingerprint density at radius 1 is 0.857 bits per heavy atom. The summed E-state index contributed by atoms with van der Waals surface area (Å²) < 4.78 is 5.36. The number of likely N-dealkylation sites (N-methyl/N-ethyl adjacent to an activating group) is 1. The third-order valence-corrected chi connectivity index (χ3v) is 5.91. The van der Waals surface area contributed by atoms with Gasteiger partial charge in [0.2, 0.25) is 0 Å². The van der Waals surface area contributed by atoms with Crippen LogP contribution in [0.4, 0.5) is 0 Å². The van der Waals surface area contributed by atoms with Crippen LogP contribution in [0.15, 0.2) is 84.9 Å². The van der Waals surface area contributed by atoms with Crippen molar-refractivity contribution in [3.63, 3.8) is 0 Å².